The van der Waals surface area contributed by atoms with Gasteiger partial charge < -0.3 is 19.6 Å². The van der Waals surface area contributed by atoms with Crippen molar-refractivity contribution in [3.8, 4) is 22.9 Å². The summed E-state index contributed by atoms with van der Waals surface area (Å²) < 4.78 is 23.1. The van der Waals surface area contributed by atoms with E-state index in [1.165, 1.54) is 6.07 Å². The second kappa shape index (κ2) is 10.2. The van der Waals surface area contributed by atoms with Gasteiger partial charge in [-0.15, -0.1) is 0 Å². The molecule has 0 saturated carbocycles. The average Bonchev–Trinajstić information content (AvgIpc) is 3.80. The van der Waals surface area contributed by atoms with Crippen molar-refractivity contribution in [1.29, 1.82) is 5.26 Å². The highest BCUT2D eigenvalue weighted by atomic mass is 19.1. The summed E-state index contributed by atoms with van der Waals surface area (Å²) in [6.45, 7) is 0. The Kier molecular flexibility index (Phi) is 5.73. The van der Waals surface area contributed by atoms with Gasteiger partial charge in [0, 0.05) is 39.1 Å². The molecule has 6 aromatic carbocycles. The number of nitriles is 1. The monoisotopic (exact) mass is 634 g/mol. The number of para-hydroxylation sites is 2. The van der Waals surface area contributed by atoms with Crippen LogP contribution in [0.3, 0.4) is 0 Å². The topological polar surface area (TPSA) is 71.1 Å². The number of fused-ring (bicyclic) bond motifs is 10. The summed E-state index contributed by atoms with van der Waals surface area (Å²) in [7, 11) is 0. The smallest absolute Gasteiger partial charge is 0.160 e. The Labute approximate surface area is 280 Å². The van der Waals surface area contributed by atoms with E-state index < -0.39 is 0 Å². The number of nitrogens with two attached hydrogens (primary N) is 1. The molecule has 0 saturated heterocycles. The number of hydrogen-bond donors (Lipinski definition) is 1. The van der Waals surface area contributed by atoms with E-state index >= 15 is 0 Å². The van der Waals surface area contributed by atoms with Crippen LogP contribution in [-0.4, -0.2) is 10.6 Å². The Hall–Kier alpha value is -6.58. The maximum absolute atomic E-state index is 14.5. The average molecular weight is 635 g/mol. The summed E-state index contributed by atoms with van der Waals surface area (Å²) in [5.74, 6) is -0.229. The molecule has 2 atom stereocenters. The Balaban J connectivity index is 1.19. The van der Waals surface area contributed by atoms with Crippen LogP contribution in [0.1, 0.15) is 17.0 Å². The minimum Gasteiger partial charge on any atom is -0.454 e. The first-order chi connectivity index (χ1) is 24.1. The molecule has 0 spiro atoms. The number of benzene rings is 6. The van der Waals surface area contributed by atoms with E-state index in [-0.39, 0.29) is 17.8 Å². The lowest BCUT2D eigenvalue weighted by atomic mass is 9.91. The Bertz CT molecular complexity index is 2800. The van der Waals surface area contributed by atoms with Crippen LogP contribution >= 0.6 is 0 Å². The zero-order chi connectivity index (χ0) is 32.8. The molecule has 2 aromatic heterocycles. The number of nitrogens with zero attached hydrogens (tertiary/aromatic N) is 3. The highest BCUT2D eigenvalue weighted by Gasteiger charge is 2.38. The molecular formula is C43H27FN4O. The van der Waals surface area contributed by atoms with Crippen LogP contribution in [0.4, 0.5) is 21.5 Å². The first kappa shape index (κ1) is 27.5. The summed E-state index contributed by atoms with van der Waals surface area (Å²) in [4.78, 5) is 2.23. The zero-order valence-electron chi connectivity index (χ0n) is 26.1. The van der Waals surface area contributed by atoms with Gasteiger partial charge in [-0.1, -0.05) is 72.8 Å². The fourth-order valence-corrected chi connectivity index (χ4v) is 8.05. The summed E-state index contributed by atoms with van der Waals surface area (Å²) in [5, 5.41) is 14.4. The number of furan rings is 1. The van der Waals surface area contributed by atoms with Crippen LogP contribution in [0, 0.1) is 17.1 Å². The maximum Gasteiger partial charge on any atom is 0.160 e. The van der Waals surface area contributed by atoms with Gasteiger partial charge in [0.15, 0.2) is 5.58 Å². The minimum atomic E-state index is -0.251. The normalized spacial score (nSPS) is 16.5. The molecule has 2 unspecified atom stereocenters. The van der Waals surface area contributed by atoms with Gasteiger partial charge in [0.05, 0.1) is 39.8 Å². The standard InChI is InChI=1S/C43H27FN4O/c44-28-16-17-39-34(22-28)31-10-1-4-13-37(31)47(39)30-19-25(24-45)18-27(21-30)26-8-7-9-29(20-26)48-38-14-5-2-11-32(38)35-23-36(46)43-41(42(35)48)33-12-3-6-15-40(33)49-43/h1-23,31,37H,46H2. The quantitative estimate of drug-likeness (QED) is 0.196. The highest BCUT2D eigenvalue weighted by Crippen LogP contribution is 2.49. The van der Waals surface area contributed by atoms with Gasteiger partial charge in [0.2, 0.25) is 0 Å². The van der Waals surface area contributed by atoms with Gasteiger partial charge in [0.25, 0.3) is 0 Å². The molecular weight excluding hydrogens is 607 g/mol. The van der Waals surface area contributed by atoms with E-state index in [4.69, 9.17) is 10.2 Å². The Morgan fingerprint density at radius 1 is 0.735 bits per heavy atom. The van der Waals surface area contributed by atoms with Crippen LogP contribution in [0.15, 0.2) is 144 Å². The lowest BCUT2D eigenvalue weighted by Crippen LogP contribution is -2.28. The minimum absolute atomic E-state index is 0.0211. The number of aromatic nitrogens is 1. The van der Waals surface area contributed by atoms with Crippen molar-refractivity contribution >= 4 is 60.8 Å². The second-order valence-corrected chi connectivity index (χ2v) is 12.8. The zero-order valence-corrected chi connectivity index (χ0v) is 26.1. The summed E-state index contributed by atoms with van der Waals surface area (Å²) in [6.07, 6.45) is 8.33. The Morgan fingerprint density at radius 3 is 2.45 bits per heavy atom. The van der Waals surface area contributed by atoms with Gasteiger partial charge >= 0.3 is 0 Å². The predicted octanol–water partition coefficient (Wildman–Crippen LogP) is 10.7. The first-order valence-electron chi connectivity index (χ1n) is 16.3. The van der Waals surface area contributed by atoms with E-state index in [9.17, 15) is 9.65 Å². The van der Waals surface area contributed by atoms with Gasteiger partial charge in [-0.05, 0) is 83.4 Å². The second-order valence-electron chi connectivity index (χ2n) is 12.8. The van der Waals surface area contributed by atoms with Crippen molar-refractivity contribution in [3.05, 3.63) is 157 Å². The maximum atomic E-state index is 14.5. The van der Waals surface area contributed by atoms with Crippen LogP contribution in [-0.2, 0) is 0 Å². The number of allylic oxidation sites excluding steroid dienone is 2. The third-order valence-electron chi connectivity index (χ3n) is 10.1. The molecule has 6 heteroatoms. The van der Waals surface area contributed by atoms with E-state index in [0.29, 0.717) is 16.8 Å². The number of rotatable bonds is 3. The summed E-state index contributed by atoms with van der Waals surface area (Å²) in [5.41, 5.74) is 17.0. The lowest BCUT2D eigenvalue weighted by Gasteiger charge is -2.29. The number of halogens is 1. The number of nitrogen functional groups attached to an aromatic ring is 1. The van der Waals surface area contributed by atoms with Crippen molar-refractivity contribution in [3.63, 3.8) is 0 Å². The number of anilines is 3. The highest BCUT2D eigenvalue weighted by molar-refractivity contribution is 6.27. The van der Waals surface area contributed by atoms with Crippen LogP contribution < -0.4 is 10.6 Å². The van der Waals surface area contributed by atoms with Gasteiger partial charge in [0.1, 0.15) is 11.4 Å². The summed E-state index contributed by atoms with van der Waals surface area (Å²) >= 11 is 0. The SMILES string of the molecule is N#Cc1cc(-c2cccc(-n3c4ccccc4c4cc(N)c5oc6ccccc6c5c43)c2)cc(N2c3ccc(F)cc3C3C=CC=CC32)c1. The van der Waals surface area contributed by atoms with Gasteiger partial charge in [-0.3, -0.25) is 0 Å². The van der Waals surface area contributed by atoms with Crippen LogP contribution in [0.25, 0.3) is 60.6 Å². The fourth-order valence-electron chi connectivity index (χ4n) is 8.05. The third-order valence-corrected chi connectivity index (χ3v) is 10.1. The van der Waals surface area contributed by atoms with E-state index in [1.807, 2.05) is 54.6 Å². The van der Waals surface area contributed by atoms with Gasteiger partial charge in [-0.2, -0.15) is 5.26 Å². The molecule has 0 amide bonds. The molecule has 1 aliphatic heterocycles. The molecule has 1 aliphatic carbocycles. The Morgan fingerprint density at radius 2 is 1.55 bits per heavy atom. The van der Waals surface area contributed by atoms with Crippen molar-refractivity contribution in [1.82, 2.24) is 4.57 Å². The third kappa shape index (κ3) is 3.96. The molecule has 0 fully saturated rings. The summed E-state index contributed by atoms with van der Waals surface area (Å²) in [6, 6.07) is 40.2. The number of hydrogen-bond acceptors (Lipinski definition) is 4. The molecule has 3 heterocycles. The van der Waals surface area contributed by atoms with Crippen LogP contribution in [0.5, 0.6) is 0 Å². The molecule has 2 aliphatic rings. The van der Waals surface area contributed by atoms with Gasteiger partial charge in [-0.25, -0.2) is 4.39 Å². The van der Waals surface area contributed by atoms with Crippen molar-refractivity contribution < 1.29 is 8.81 Å². The van der Waals surface area contributed by atoms with Crippen molar-refractivity contribution in [2.45, 2.75) is 12.0 Å². The molecule has 2 N–H and O–H groups in total. The lowest BCUT2D eigenvalue weighted by molar-refractivity contribution is 0.625. The van der Waals surface area contributed by atoms with Crippen molar-refractivity contribution in [2.24, 2.45) is 0 Å². The van der Waals surface area contributed by atoms with Crippen molar-refractivity contribution in [2.75, 3.05) is 10.6 Å². The molecule has 49 heavy (non-hydrogen) atoms. The largest absolute Gasteiger partial charge is 0.454 e. The first-order valence-corrected chi connectivity index (χ1v) is 16.3. The molecule has 0 bridgehead atoms. The van der Waals surface area contributed by atoms with E-state index in [2.05, 4.69) is 88.4 Å². The fraction of sp³-hybridized carbons (Fsp3) is 0.0465. The molecule has 232 valence electrons. The van der Waals surface area contributed by atoms with Crippen LogP contribution in [0.2, 0.25) is 0 Å². The molecule has 8 aromatic rings. The molecule has 10 rings (SSSR count). The predicted molar refractivity (Wildman–Crippen MR) is 196 cm³/mol. The van der Waals surface area contributed by atoms with E-state index in [1.54, 1.807) is 6.07 Å². The molecule has 0 radical (unpaired) electrons. The van der Waals surface area contributed by atoms with E-state index in [0.717, 1.165) is 71.9 Å². The molecule has 5 nitrogen and oxygen atoms in total.